The first kappa shape index (κ1) is 87.7. The molecule has 98 heavy (non-hydrogen) atoms. The van der Waals surface area contributed by atoms with Gasteiger partial charge >= 0.3 is 151 Å². The van der Waals surface area contributed by atoms with Crippen LogP contribution in [0.4, 0.5) is 167 Å². The highest BCUT2D eigenvalue weighted by Gasteiger charge is 2.78. The molecule has 0 saturated carbocycles. The Balaban J connectivity index is 0.000000563. The molecule has 6 unspecified atom stereocenters. The van der Waals surface area contributed by atoms with Crippen molar-refractivity contribution in [2.24, 2.45) is 0 Å². The third kappa shape index (κ3) is 25.2. The Labute approximate surface area is 514 Å². The molecule has 18 nitrogen and oxygen atoms in total. The maximum absolute atomic E-state index is 12.6. The van der Waals surface area contributed by atoms with Crippen LogP contribution in [0, 0.1) is 0 Å². The number of ether oxygens (including phenoxy) is 18. The Bertz CT molecular complexity index is 2810. The number of unbranched alkanes of at least 4 members (excludes halogenated alkanes) is 2. The van der Waals surface area contributed by atoms with E-state index in [9.17, 15) is 167 Å². The van der Waals surface area contributed by atoms with Crippen molar-refractivity contribution < 1.29 is 252 Å². The van der Waals surface area contributed by atoms with E-state index in [-0.39, 0.29) is 37.6 Å². The monoisotopic (exact) mass is 1540 g/mol. The van der Waals surface area contributed by atoms with Gasteiger partial charge in [0.25, 0.3) is 5.79 Å². The number of hydrogen-bond acceptors (Lipinski definition) is 18. The smallest absolute Gasteiger partial charge is 0.454 e. The summed E-state index contributed by atoms with van der Waals surface area (Å²) in [7, 11) is 0. The molecular weight excluding hydrogens is 1510 g/mol. The normalized spacial score (nSPS) is 27.2. The van der Waals surface area contributed by atoms with E-state index < -0.39 is 157 Å². The van der Waals surface area contributed by atoms with Crippen LogP contribution in [0.3, 0.4) is 0 Å². The van der Waals surface area contributed by atoms with E-state index in [4.69, 9.17) is 9.47 Å². The van der Waals surface area contributed by atoms with Gasteiger partial charge < -0.3 is 85.3 Å². The summed E-state index contributed by atoms with van der Waals surface area (Å²) in [6, 6.07) is -20.3. The second kappa shape index (κ2) is 30.4. The van der Waals surface area contributed by atoms with Crippen molar-refractivity contribution in [3.05, 3.63) is 97.8 Å². The fourth-order valence-electron chi connectivity index (χ4n) is 5.00. The molecule has 0 radical (unpaired) electrons. The number of hydrogen-bond donors (Lipinski definition) is 0. The molecular formula is C42H30F38O18. The molecule has 572 valence electrons. The standard InChI is InChI=1S/C9H15FO2.C6H4F6O3.C6H4F6O2.C5HF7O2.C5H4F4O2.C4F6O3.C4HF5O2.C3HF3O2/c1-3-4-5-6-9(2)11-7-8(10)12-9;1-4(5(7,8)9)13-2-3(14-4)15-6(10,11)12;1-4(13-2-3(7)14-4)5(8,9)6(10,11)12;6-2-1-13-5(12,14-2)3(7,8)4(9,10)11;1-4(5(7,8)9)10-2-3(6)11-4;5-1-2(12-3(6,7)8)13-4(9,10)11-1;5-2-1-10-4(9,11-2)3(6,7)8;4-2-1-7-3(5,6)8-2/h7H,3-6H2,1-2H3;2H,1H3;2H,1H3;1H;2H,1H3;;1H;1H. The van der Waals surface area contributed by atoms with Gasteiger partial charge in [0.1, 0.15) is 0 Å². The molecule has 6 atom stereocenters. The predicted molar refractivity (Wildman–Crippen MR) is 219 cm³/mol. The summed E-state index contributed by atoms with van der Waals surface area (Å²) in [5.74, 6) is -24.8. The molecule has 56 heteroatoms. The summed E-state index contributed by atoms with van der Waals surface area (Å²) in [4.78, 5) is 0. The second-order valence-electron chi connectivity index (χ2n) is 17.4. The van der Waals surface area contributed by atoms with Crippen LogP contribution in [-0.4, -0.2) is 103 Å². The van der Waals surface area contributed by atoms with E-state index in [1.165, 1.54) is 0 Å². The van der Waals surface area contributed by atoms with Gasteiger partial charge in [0, 0.05) is 34.1 Å². The van der Waals surface area contributed by atoms with Crippen LogP contribution >= 0.6 is 0 Å². The lowest BCUT2D eigenvalue weighted by Crippen LogP contribution is -2.56. The Morgan fingerprint density at radius 1 is 0.337 bits per heavy atom. The first-order valence-corrected chi connectivity index (χ1v) is 23.3. The summed E-state index contributed by atoms with van der Waals surface area (Å²) >= 11 is 0. The van der Waals surface area contributed by atoms with E-state index in [1.54, 1.807) is 6.92 Å². The molecule has 0 bridgehead atoms. The van der Waals surface area contributed by atoms with Crippen LogP contribution in [0.15, 0.2) is 97.8 Å². The van der Waals surface area contributed by atoms with Gasteiger partial charge in [0.2, 0.25) is 0 Å². The van der Waals surface area contributed by atoms with E-state index in [1.807, 2.05) is 0 Å². The highest BCUT2D eigenvalue weighted by Crippen LogP contribution is 2.52. The van der Waals surface area contributed by atoms with Crippen LogP contribution in [0.2, 0.25) is 0 Å². The van der Waals surface area contributed by atoms with Gasteiger partial charge in [0.15, 0.2) is 43.8 Å². The Morgan fingerprint density at radius 2 is 0.704 bits per heavy atom. The van der Waals surface area contributed by atoms with Gasteiger partial charge in [-0.1, -0.05) is 19.8 Å². The summed E-state index contributed by atoms with van der Waals surface area (Å²) in [6.07, 6.45) is -40.7. The third-order valence-electron chi connectivity index (χ3n) is 9.56. The van der Waals surface area contributed by atoms with Crippen LogP contribution in [0.25, 0.3) is 0 Å². The van der Waals surface area contributed by atoms with Gasteiger partial charge in [0.05, 0.1) is 0 Å². The predicted octanol–water partition coefficient (Wildman–Crippen LogP) is 18.7. The molecule has 8 rings (SSSR count). The zero-order chi connectivity index (χ0) is 77.2. The zero-order valence-electron chi connectivity index (χ0n) is 46.6. The van der Waals surface area contributed by atoms with Crippen molar-refractivity contribution in [3.63, 3.8) is 0 Å². The average molecular weight is 1540 g/mol. The molecule has 8 aliphatic rings. The molecule has 0 saturated heterocycles. The van der Waals surface area contributed by atoms with Gasteiger partial charge in [-0.05, 0) is 6.42 Å². The lowest BCUT2D eigenvalue weighted by Gasteiger charge is -2.32. The summed E-state index contributed by atoms with van der Waals surface area (Å²) in [6.45, 7) is 5.19. The Hall–Kier alpha value is -8.34. The van der Waals surface area contributed by atoms with Crippen LogP contribution in [0.5, 0.6) is 0 Å². The quantitative estimate of drug-likeness (QED) is 0.166. The fourth-order valence-corrected chi connectivity index (χ4v) is 5.00. The number of alkyl halides is 31. The van der Waals surface area contributed by atoms with Crippen LogP contribution in [-0.2, 0) is 85.3 Å². The van der Waals surface area contributed by atoms with Crippen LogP contribution < -0.4 is 0 Å². The van der Waals surface area contributed by atoms with Crippen molar-refractivity contribution in [3.8, 4) is 0 Å². The number of rotatable bonds is 8. The lowest BCUT2D eigenvalue weighted by atomic mass is 10.1. The fraction of sp³-hybridized carbons (Fsp3) is 0.619. The summed E-state index contributed by atoms with van der Waals surface area (Å²) < 4.78 is 514. The van der Waals surface area contributed by atoms with Crippen molar-refractivity contribution in [1.29, 1.82) is 0 Å². The molecule has 0 amide bonds. The van der Waals surface area contributed by atoms with E-state index in [0.717, 1.165) is 31.9 Å². The molecule has 0 aromatic heterocycles. The Morgan fingerprint density at radius 3 is 0.969 bits per heavy atom. The lowest BCUT2D eigenvalue weighted by molar-refractivity contribution is -0.431. The largest absolute Gasteiger partial charge is 0.590 e. The molecule has 8 aliphatic heterocycles. The van der Waals surface area contributed by atoms with Crippen molar-refractivity contribution >= 4 is 0 Å². The SMILES string of the molecule is CC1(C(F)(F)C(F)(F)F)OC=C(F)O1.CC1(C(F)(F)F)OC=C(F)O1.CC1(C(F)(F)F)OC=C(OC(F)(F)F)O1.CCCCCC1(C)OC=C(F)O1.FC1=C(OC(F)(F)F)OC(F)(F)O1.FC1=COC(F)(C(F)(F)C(F)(F)F)O1.FC1=COC(F)(C(F)(F)F)O1.FC1=COC(F)(F)O1. The minimum absolute atomic E-state index is 0.0552. The molecule has 0 aliphatic carbocycles. The average Bonchev–Trinajstić information content (AvgIpc) is 1.29. The van der Waals surface area contributed by atoms with Gasteiger partial charge in [-0.25, -0.2) is 0 Å². The third-order valence-corrected chi connectivity index (χ3v) is 9.56. The highest BCUT2D eigenvalue weighted by atomic mass is 19.5. The molecule has 0 N–H and O–H groups in total. The van der Waals surface area contributed by atoms with Gasteiger partial charge in [-0.3, -0.25) is 0 Å². The maximum atomic E-state index is 12.6. The molecule has 0 aromatic carbocycles. The summed E-state index contributed by atoms with van der Waals surface area (Å²) in [5.41, 5.74) is 0. The minimum Gasteiger partial charge on any atom is -0.454 e. The van der Waals surface area contributed by atoms with E-state index in [2.05, 4.69) is 82.7 Å². The van der Waals surface area contributed by atoms with Crippen LogP contribution in [0.1, 0.15) is 60.3 Å². The molecule has 8 heterocycles. The van der Waals surface area contributed by atoms with Crippen molar-refractivity contribution in [1.82, 2.24) is 0 Å². The van der Waals surface area contributed by atoms with E-state index in [0.29, 0.717) is 20.8 Å². The second-order valence-corrected chi connectivity index (χ2v) is 17.4. The maximum Gasteiger partial charge on any atom is 0.590 e. The number of halogens is 38. The van der Waals surface area contributed by atoms with Gasteiger partial charge in [-0.15, -0.1) is 48.3 Å². The Kier molecular flexibility index (Phi) is 27.2. The summed E-state index contributed by atoms with van der Waals surface area (Å²) in [5, 5.41) is 0. The highest BCUT2D eigenvalue weighted by molar-refractivity contribution is 5.00. The molecule has 0 spiro atoms. The van der Waals surface area contributed by atoms with Crippen molar-refractivity contribution in [2.75, 3.05) is 0 Å². The zero-order valence-corrected chi connectivity index (χ0v) is 46.6. The van der Waals surface area contributed by atoms with Gasteiger partial charge in [-0.2, -0.15) is 119 Å². The van der Waals surface area contributed by atoms with E-state index >= 15 is 0 Å². The topological polar surface area (TPSA) is 166 Å². The first-order chi connectivity index (χ1) is 43.4. The molecule has 0 fully saturated rings. The first-order valence-electron chi connectivity index (χ1n) is 23.3. The van der Waals surface area contributed by atoms with Crippen molar-refractivity contribution in [2.45, 2.75) is 164 Å². The minimum atomic E-state index is -6.25. The molecule has 0 aromatic rings.